The lowest BCUT2D eigenvalue weighted by atomic mass is 10.1. The Morgan fingerprint density at radius 1 is 1.33 bits per heavy atom. The van der Waals surface area contributed by atoms with Crippen molar-refractivity contribution >= 4 is 11.7 Å². The van der Waals surface area contributed by atoms with E-state index < -0.39 is 5.54 Å². The van der Waals surface area contributed by atoms with Gasteiger partial charge in [-0.3, -0.25) is 9.79 Å². The van der Waals surface area contributed by atoms with Crippen LogP contribution in [0.25, 0.3) is 0 Å². The largest absolute Gasteiger partial charge is 0.312 e. The van der Waals surface area contributed by atoms with Gasteiger partial charge in [0, 0.05) is 13.0 Å². The van der Waals surface area contributed by atoms with Crippen LogP contribution in [0, 0.1) is 0 Å². The molecule has 0 aromatic heterocycles. The molecule has 0 atom stereocenters. The lowest BCUT2D eigenvalue weighted by molar-refractivity contribution is -0.122. The predicted octanol–water partition coefficient (Wildman–Crippen LogP) is 1.03. The summed E-state index contributed by atoms with van der Waals surface area (Å²) in [5.41, 5.74) is -0.571. The summed E-state index contributed by atoms with van der Waals surface area (Å²) in [5, 5.41) is 2.83. The second kappa shape index (κ2) is 4.75. The molecule has 0 saturated heterocycles. The first-order valence-electron chi connectivity index (χ1n) is 5.62. The molecule has 0 spiro atoms. The monoisotopic (exact) mass is 211 g/mol. The van der Waals surface area contributed by atoms with Crippen LogP contribution in [0.2, 0.25) is 0 Å². The fourth-order valence-corrected chi connectivity index (χ4v) is 1.62. The third-order valence-corrected chi connectivity index (χ3v) is 2.79. The summed E-state index contributed by atoms with van der Waals surface area (Å²) in [5.74, 6) is 0.842. The van der Waals surface area contributed by atoms with Crippen LogP contribution >= 0.6 is 0 Å². The first-order valence-corrected chi connectivity index (χ1v) is 5.62. The van der Waals surface area contributed by atoms with Gasteiger partial charge >= 0.3 is 0 Å². The average molecular weight is 211 g/mol. The van der Waals surface area contributed by atoms with Gasteiger partial charge in [0.2, 0.25) is 0 Å². The zero-order chi connectivity index (χ0) is 11.5. The van der Waals surface area contributed by atoms with Crippen molar-refractivity contribution in [3.05, 3.63) is 0 Å². The normalized spacial score (nSPS) is 19.3. The maximum absolute atomic E-state index is 11.5. The summed E-state index contributed by atoms with van der Waals surface area (Å²) in [6.07, 6.45) is 0.830. The highest BCUT2D eigenvalue weighted by atomic mass is 16.2. The Kier molecular flexibility index (Phi) is 3.85. The van der Waals surface area contributed by atoms with Crippen molar-refractivity contribution in [1.29, 1.82) is 0 Å². The highest BCUT2D eigenvalue weighted by Gasteiger charge is 2.33. The van der Waals surface area contributed by atoms with E-state index in [0.717, 1.165) is 31.9 Å². The topological polar surface area (TPSA) is 44.7 Å². The van der Waals surface area contributed by atoms with Crippen molar-refractivity contribution in [3.63, 3.8) is 0 Å². The van der Waals surface area contributed by atoms with E-state index in [1.807, 2.05) is 13.8 Å². The van der Waals surface area contributed by atoms with Crippen LogP contribution in [0.3, 0.4) is 0 Å². The Morgan fingerprint density at radius 2 is 1.93 bits per heavy atom. The smallest absolute Gasteiger partial charge is 0.252 e. The van der Waals surface area contributed by atoms with E-state index in [0.29, 0.717) is 0 Å². The first kappa shape index (κ1) is 12.2. The minimum Gasteiger partial charge on any atom is -0.312 e. The van der Waals surface area contributed by atoms with E-state index in [9.17, 15) is 4.79 Å². The van der Waals surface area contributed by atoms with Crippen LogP contribution in [0.15, 0.2) is 4.99 Å². The molecule has 1 N–H and O–H groups in total. The number of aliphatic imine (C=N–C) groups is 1. The summed E-state index contributed by atoms with van der Waals surface area (Å²) in [6, 6.07) is 0. The second-order valence-electron chi connectivity index (χ2n) is 4.35. The van der Waals surface area contributed by atoms with Gasteiger partial charge in [0.25, 0.3) is 5.91 Å². The summed E-state index contributed by atoms with van der Waals surface area (Å²) in [7, 11) is 0. The van der Waals surface area contributed by atoms with Crippen molar-refractivity contribution in [2.45, 2.75) is 39.7 Å². The summed E-state index contributed by atoms with van der Waals surface area (Å²) in [6.45, 7) is 11.0. The average Bonchev–Trinajstić information content (AvgIpc) is 2.42. The van der Waals surface area contributed by atoms with Gasteiger partial charge in [-0.05, 0) is 26.9 Å². The van der Waals surface area contributed by atoms with E-state index in [1.165, 1.54) is 0 Å². The Labute approximate surface area is 91.7 Å². The van der Waals surface area contributed by atoms with Gasteiger partial charge in [-0.25, -0.2) is 0 Å². The third-order valence-electron chi connectivity index (χ3n) is 2.79. The molecule has 0 unspecified atom stereocenters. The number of carbonyl (C=O) groups excluding carboxylic acids is 1. The Bertz CT molecular complexity index is 267. The maximum Gasteiger partial charge on any atom is 0.252 e. The zero-order valence-electron chi connectivity index (χ0n) is 10.1. The molecule has 0 bridgehead atoms. The number of amides is 1. The summed E-state index contributed by atoms with van der Waals surface area (Å²) < 4.78 is 0. The van der Waals surface area contributed by atoms with Gasteiger partial charge in [-0.15, -0.1) is 0 Å². The molecule has 1 amide bonds. The van der Waals surface area contributed by atoms with Gasteiger partial charge in [-0.2, -0.15) is 0 Å². The van der Waals surface area contributed by atoms with Crippen molar-refractivity contribution < 1.29 is 4.79 Å². The van der Waals surface area contributed by atoms with Crippen LogP contribution in [-0.4, -0.2) is 41.8 Å². The standard InChI is InChI=1S/C11H21N3O/c1-5-14(6-2)8-7-9-12-10(15)11(3,4)13-9/h5-8H2,1-4H3,(H,12,13,15). The Balaban J connectivity index is 2.45. The third kappa shape index (κ3) is 3.02. The molecule has 1 aliphatic heterocycles. The highest BCUT2D eigenvalue weighted by molar-refractivity contribution is 6.07. The van der Waals surface area contributed by atoms with Crippen molar-refractivity contribution in [2.24, 2.45) is 4.99 Å². The first-order chi connectivity index (χ1) is 6.99. The zero-order valence-corrected chi connectivity index (χ0v) is 10.1. The van der Waals surface area contributed by atoms with E-state index in [-0.39, 0.29) is 5.91 Å². The van der Waals surface area contributed by atoms with Crippen molar-refractivity contribution in [3.8, 4) is 0 Å². The van der Waals surface area contributed by atoms with Gasteiger partial charge in [0.1, 0.15) is 11.4 Å². The van der Waals surface area contributed by atoms with Crippen molar-refractivity contribution in [1.82, 2.24) is 10.2 Å². The molecule has 1 aliphatic rings. The quantitative estimate of drug-likeness (QED) is 0.738. The molecular weight excluding hydrogens is 190 g/mol. The van der Waals surface area contributed by atoms with Crippen LogP contribution in [0.4, 0.5) is 0 Å². The molecule has 0 radical (unpaired) electrons. The SMILES string of the molecule is CCN(CC)CCC1=NC(C)(C)C(=O)N1. The van der Waals surface area contributed by atoms with E-state index in [2.05, 4.69) is 29.1 Å². The molecule has 0 aliphatic carbocycles. The molecule has 0 fully saturated rings. The van der Waals surface area contributed by atoms with Crippen LogP contribution in [0.5, 0.6) is 0 Å². The fraction of sp³-hybridized carbons (Fsp3) is 0.818. The fourth-order valence-electron chi connectivity index (χ4n) is 1.62. The molecule has 0 saturated carbocycles. The molecule has 1 heterocycles. The van der Waals surface area contributed by atoms with Crippen LogP contribution in [-0.2, 0) is 4.79 Å². The van der Waals surface area contributed by atoms with Crippen LogP contribution in [0.1, 0.15) is 34.1 Å². The summed E-state index contributed by atoms with van der Waals surface area (Å²) in [4.78, 5) is 18.1. The van der Waals surface area contributed by atoms with Gasteiger partial charge in [0.15, 0.2) is 0 Å². The minimum atomic E-state index is -0.571. The maximum atomic E-state index is 11.5. The molecular formula is C11H21N3O. The van der Waals surface area contributed by atoms with E-state index in [1.54, 1.807) is 0 Å². The molecule has 86 valence electrons. The number of rotatable bonds is 5. The molecule has 15 heavy (non-hydrogen) atoms. The summed E-state index contributed by atoms with van der Waals surface area (Å²) >= 11 is 0. The second-order valence-corrected chi connectivity index (χ2v) is 4.35. The van der Waals surface area contributed by atoms with E-state index >= 15 is 0 Å². The number of hydrogen-bond donors (Lipinski definition) is 1. The number of nitrogens with one attached hydrogen (secondary N) is 1. The number of amidine groups is 1. The molecule has 4 heteroatoms. The highest BCUT2D eigenvalue weighted by Crippen LogP contribution is 2.15. The minimum absolute atomic E-state index is 0.0112. The number of hydrogen-bond acceptors (Lipinski definition) is 3. The van der Waals surface area contributed by atoms with E-state index in [4.69, 9.17) is 0 Å². The van der Waals surface area contributed by atoms with Crippen molar-refractivity contribution in [2.75, 3.05) is 19.6 Å². The molecule has 4 nitrogen and oxygen atoms in total. The Hall–Kier alpha value is -0.900. The van der Waals surface area contributed by atoms with Gasteiger partial charge in [-0.1, -0.05) is 13.8 Å². The number of carbonyl (C=O) groups is 1. The Morgan fingerprint density at radius 3 is 2.33 bits per heavy atom. The molecule has 1 rings (SSSR count). The number of nitrogens with zero attached hydrogens (tertiary/aromatic N) is 2. The predicted molar refractivity (Wildman–Crippen MR) is 62.1 cm³/mol. The molecule has 0 aromatic rings. The lowest BCUT2D eigenvalue weighted by Crippen LogP contribution is -2.35. The van der Waals surface area contributed by atoms with Gasteiger partial charge in [0.05, 0.1) is 0 Å². The van der Waals surface area contributed by atoms with Crippen LogP contribution < -0.4 is 5.32 Å². The lowest BCUT2D eigenvalue weighted by Gasteiger charge is -2.17. The van der Waals surface area contributed by atoms with Gasteiger partial charge < -0.3 is 10.2 Å². The molecule has 0 aromatic carbocycles.